The van der Waals surface area contributed by atoms with E-state index in [0.29, 0.717) is 64.5 Å². The van der Waals surface area contributed by atoms with Gasteiger partial charge in [-0.05, 0) is 137 Å². The molecule has 3 heterocycles. The van der Waals surface area contributed by atoms with Crippen molar-refractivity contribution in [3.63, 3.8) is 0 Å². The smallest absolute Gasteiger partial charge is 0.394 e. The second kappa shape index (κ2) is 58.7. The Morgan fingerprint density at radius 2 is 0.845 bits per heavy atom. The van der Waals surface area contributed by atoms with E-state index in [9.17, 15) is 63.0 Å². The molecule has 6 rings (SSSR count). The molecule has 0 spiro atoms. The fourth-order valence-corrected chi connectivity index (χ4v) is 12.1. The monoisotopic (exact) mass is 1870 g/mol. The van der Waals surface area contributed by atoms with Gasteiger partial charge in [0.25, 0.3) is 0 Å². The zero-order valence-electron chi connectivity index (χ0n) is 72.5. The lowest BCUT2D eigenvalue weighted by Gasteiger charge is -2.28. The SMILES string of the molecule is CC(C)CC1NC(=O)C(Cc2ccccc2)NC(=O)C(CCN)NC(=O)C(NC(=O)C(CCN)NC(=O)C(CCO)NC(=O)C(CCN)NC=O)CCNC(=O)C(CCO)NC(=O)C(CCN)NC(=O)C(CCN)NC1=O.COc1cc(Cc2cnc(N)nc2N)cc(OC)c1OC.COc1cc(Cc2cnc(N)nc2N)cc(OC)c1OC.O=S(=O)(O)O.O=S(=O)(O)O. The minimum atomic E-state index is -4.67. The number of carbonyl (C=O) groups is 11. The highest BCUT2D eigenvalue weighted by molar-refractivity contribution is 7.80. The average molecular weight is 1870 g/mol. The molecule has 0 aliphatic carbocycles. The van der Waals surface area contributed by atoms with Crippen LogP contribution in [-0.4, -0.2) is 286 Å². The number of aliphatic hydroxyl groups excluding tert-OH is 2. The van der Waals surface area contributed by atoms with Crippen molar-refractivity contribution in [2.24, 2.45) is 34.6 Å². The predicted molar refractivity (Wildman–Crippen MR) is 467 cm³/mol. The number of ether oxygens (including phenoxy) is 6. The predicted octanol–water partition coefficient (Wildman–Crippen LogP) is -7.01. The fraction of sp³-hybridized carbons (Fsp3) is 0.513. The maximum Gasteiger partial charge on any atom is 0.394 e. The molecule has 10 atom stereocenters. The molecule has 0 saturated carbocycles. The standard InChI is InChI=1S/C48H82N16O13.2C14H18N4O3.2H2O4S/c1-27(2)24-37-47(76)59-32(11-19-52)41(70)56-31(10-18-51)43(72)61-35(14-22-65)39(68)54-21-13-34(45(74)57-33(12-20-53)44(73)64-38(48(77)63-37)25-28-6-4-3-5-7-28)60-42(71)30(9-17-50)58-46(75)36(15-23-66)62-40(69)29(8-16-49)55-26-67;2*1-19-10-5-8(6-11(20-2)12(10)21-3)4-9-7-17-14(16)18-13(9)15;2*1-5(2,3)4/h3-7,26-27,29-38,65-66H,8-25,49-53H2,1-2H3,(H,54,68)(H,55,67)(H,56,70)(H,57,74)(H,58,75)(H,59,76)(H,60,71)(H,61,72)(H,62,69)(H,63,77)(H,64,73);2*5-7H,4H2,1-3H3,(H4,15,16,17,18);2*(H2,1,2,3,4). The number of nitrogens with one attached hydrogen (secondary N) is 11. The van der Waals surface area contributed by atoms with E-state index < -0.39 is 166 Å². The van der Waals surface area contributed by atoms with Crippen LogP contribution in [0.1, 0.15) is 99.5 Å². The molecular weight excluding hydrogens is 1750 g/mol. The summed E-state index contributed by atoms with van der Waals surface area (Å²) in [5.41, 5.74) is 55.7. The second-order valence-corrected chi connectivity index (χ2v) is 30.1. The highest BCUT2D eigenvalue weighted by Crippen LogP contribution is 2.40. The molecule has 0 bridgehead atoms. The van der Waals surface area contributed by atoms with Gasteiger partial charge in [-0.2, -0.15) is 26.8 Å². The quantitative estimate of drug-likeness (QED) is 0.0131. The van der Waals surface area contributed by atoms with E-state index >= 15 is 0 Å². The molecule has 1 aliphatic heterocycles. The largest absolute Gasteiger partial charge is 0.493 e. The molecular formula is C76H122N24O27S2. The van der Waals surface area contributed by atoms with Gasteiger partial charge in [-0.25, -0.2) is 9.97 Å². The van der Waals surface area contributed by atoms with Crippen LogP contribution >= 0.6 is 0 Å². The molecule has 3 aromatic carbocycles. The Morgan fingerprint density at radius 1 is 0.481 bits per heavy atom. The van der Waals surface area contributed by atoms with E-state index in [1.807, 2.05) is 24.3 Å². The first-order valence-electron chi connectivity index (χ1n) is 39.7. The number of amides is 11. The topological polar surface area (TPSA) is 851 Å². The summed E-state index contributed by atoms with van der Waals surface area (Å²) in [4.78, 5) is 166. The van der Waals surface area contributed by atoms with E-state index in [1.54, 1.807) is 99.2 Å². The summed E-state index contributed by atoms with van der Waals surface area (Å²) in [6, 6.07) is 1.95. The minimum Gasteiger partial charge on any atom is -0.493 e. The summed E-state index contributed by atoms with van der Waals surface area (Å²) >= 11 is 0. The number of nitrogens with two attached hydrogens (primary N) is 9. The molecule has 5 aromatic rings. The van der Waals surface area contributed by atoms with Crippen molar-refractivity contribution in [3.8, 4) is 34.5 Å². The Labute approximate surface area is 744 Å². The van der Waals surface area contributed by atoms with E-state index in [4.69, 9.17) is 115 Å². The highest BCUT2D eigenvalue weighted by Gasteiger charge is 2.37. The molecule has 11 amide bonds. The van der Waals surface area contributed by atoms with Crippen molar-refractivity contribution in [2.45, 2.75) is 151 Å². The molecule has 1 aliphatic rings. The van der Waals surface area contributed by atoms with Crippen molar-refractivity contribution in [3.05, 3.63) is 94.8 Å². The van der Waals surface area contributed by atoms with E-state index in [1.165, 1.54) is 0 Å². The van der Waals surface area contributed by atoms with E-state index in [2.05, 4.69) is 78.4 Å². The Balaban J connectivity index is 0.000000855. The summed E-state index contributed by atoms with van der Waals surface area (Å²) in [6.07, 6.45) is 2.68. The number of benzene rings is 3. The lowest BCUT2D eigenvalue weighted by molar-refractivity contribution is -0.136. The van der Waals surface area contributed by atoms with Crippen molar-refractivity contribution in [1.82, 2.24) is 78.4 Å². The summed E-state index contributed by atoms with van der Waals surface area (Å²) in [7, 11) is 0.0741. The van der Waals surface area contributed by atoms with Gasteiger partial charge >= 0.3 is 20.8 Å². The zero-order valence-corrected chi connectivity index (χ0v) is 74.1. The van der Waals surface area contributed by atoms with Crippen LogP contribution in [0.25, 0.3) is 0 Å². The first-order chi connectivity index (χ1) is 61.0. The van der Waals surface area contributed by atoms with Crippen LogP contribution in [0.2, 0.25) is 0 Å². The van der Waals surface area contributed by atoms with Crippen LogP contribution in [0.5, 0.6) is 34.5 Å². The Bertz CT molecular complexity index is 4460. The number of carbonyl (C=O) groups excluding carboxylic acids is 11. The first-order valence-corrected chi connectivity index (χ1v) is 42.5. The fourth-order valence-electron chi connectivity index (χ4n) is 12.1. The van der Waals surface area contributed by atoms with Crippen LogP contribution in [0.3, 0.4) is 0 Å². The van der Waals surface area contributed by atoms with Crippen LogP contribution in [0, 0.1) is 5.92 Å². The van der Waals surface area contributed by atoms with Crippen molar-refractivity contribution in [2.75, 3.05) is 118 Å². The second-order valence-electron chi connectivity index (χ2n) is 28.3. The lowest BCUT2D eigenvalue weighted by atomic mass is 10.00. The molecule has 2 aromatic heterocycles. The maximum atomic E-state index is 14.4. The number of hydrogen-bond donors (Lipinski definition) is 26. The van der Waals surface area contributed by atoms with Crippen LogP contribution in [0.15, 0.2) is 67.0 Å². The molecule has 35 N–H and O–H groups in total. The normalized spacial score (nSPS) is 17.8. The van der Waals surface area contributed by atoms with Gasteiger partial charge in [-0.1, -0.05) is 44.2 Å². The first kappa shape index (κ1) is 113. The zero-order chi connectivity index (χ0) is 97.3. The number of rotatable bonds is 36. The number of aliphatic hydroxyl groups is 2. The van der Waals surface area contributed by atoms with Gasteiger partial charge < -0.3 is 149 Å². The average Bonchev–Trinajstić information content (AvgIpc) is 0.844. The third-order valence-corrected chi connectivity index (χ3v) is 18.2. The Hall–Kier alpha value is -12.5. The Morgan fingerprint density at radius 3 is 1.21 bits per heavy atom. The van der Waals surface area contributed by atoms with E-state index in [-0.39, 0.29) is 115 Å². The molecule has 720 valence electrons. The van der Waals surface area contributed by atoms with Gasteiger partial charge in [0.15, 0.2) is 23.0 Å². The molecule has 51 nitrogen and oxygen atoms in total. The molecule has 10 unspecified atom stereocenters. The number of nitrogen functional groups attached to an aromatic ring is 4. The van der Waals surface area contributed by atoms with Gasteiger partial charge in [0.2, 0.25) is 88.9 Å². The van der Waals surface area contributed by atoms with Gasteiger partial charge in [-0.3, -0.25) is 71.0 Å². The molecule has 53 heteroatoms. The van der Waals surface area contributed by atoms with E-state index in [0.717, 1.165) is 22.3 Å². The molecule has 129 heavy (non-hydrogen) atoms. The molecule has 1 saturated heterocycles. The number of nitrogens with zero attached hydrogens (tertiary/aromatic N) is 4. The summed E-state index contributed by atoms with van der Waals surface area (Å²) in [5.74, 6) is -4.67. The summed E-state index contributed by atoms with van der Waals surface area (Å²) in [6.45, 7) is 1.33. The number of anilines is 4. The maximum absolute atomic E-state index is 14.4. The third-order valence-electron chi connectivity index (χ3n) is 18.2. The van der Waals surface area contributed by atoms with Crippen LogP contribution < -0.4 is 139 Å². The van der Waals surface area contributed by atoms with Gasteiger partial charge in [0.1, 0.15) is 72.1 Å². The number of hydrogen-bond acceptors (Lipinski definition) is 36. The van der Waals surface area contributed by atoms with Gasteiger partial charge in [-0.15, -0.1) is 0 Å². The lowest BCUT2D eigenvalue weighted by Crippen LogP contribution is -2.61. The van der Waals surface area contributed by atoms with Crippen molar-refractivity contribution >= 4 is 110 Å². The number of aromatic nitrogens is 4. The van der Waals surface area contributed by atoms with Crippen molar-refractivity contribution < 1.29 is 126 Å². The molecule has 1 fully saturated rings. The minimum absolute atomic E-state index is 0.00155. The third kappa shape index (κ3) is 42.3. The number of methoxy groups -OCH3 is 6. The van der Waals surface area contributed by atoms with Gasteiger partial charge in [0.05, 0.1) is 42.7 Å². The Kier molecular flexibility index (Phi) is 51.2. The summed E-state index contributed by atoms with van der Waals surface area (Å²) in [5, 5.41) is 47.5. The van der Waals surface area contributed by atoms with Crippen molar-refractivity contribution in [1.29, 1.82) is 0 Å². The van der Waals surface area contributed by atoms with Crippen LogP contribution in [-0.2, 0) is 92.8 Å². The molecule has 0 radical (unpaired) electrons. The summed E-state index contributed by atoms with van der Waals surface area (Å²) < 4.78 is 95.0. The van der Waals surface area contributed by atoms with Crippen LogP contribution in [0.4, 0.5) is 23.5 Å². The van der Waals surface area contributed by atoms with Gasteiger partial charge in [0, 0.05) is 62.5 Å². The highest BCUT2D eigenvalue weighted by atomic mass is 32.3.